The summed E-state index contributed by atoms with van der Waals surface area (Å²) >= 11 is 0. The number of aromatic nitrogens is 2. The third-order valence-electron chi connectivity index (χ3n) is 4.25. The van der Waals surface area contributed by atoms with Gasteiger partial charge in [0.2, 0.25) is 6.79 Å². The minimum absolute atomic E-state index is 0.328. The van der Waals surface area contributed by atoms with E-state index in [1.54, 1.807) is 0 Å². The van der Waals surface area contributed by atoms with Crippen molar-refractivity contribution in [3.8, 4) is 11.5 Å². The van der Waals surface area contributed by atoms with Crippen molar-refractivity contribution in [3.63, 3.8) is 0 Å². The fourth-order valence-electron chi connectivity index (χ4n) is 3.19. The summed E-state index contributed by atoms with van der Waals surface area (Å²) in [6, 6.07) is 6.20. The van der Waals surface area contributed by atoms with E-state index in [1.807, 2.05) is 6.07 Å². The molecule has 0 radical (unpaired) electrons. The second-order valence-electron chi connectivity index (χ2n) is 6.48. The molecule has 2 aliphatic heterocycles. The van der Waals surface area contributed by atoms with Gasteiger partial charge in [-0.2, -0.15) is 0 Å². The normalized spacial score (nSPS) is 16.8. The van der Waals surface area contributed by atoms with Gasteiger partial charge in [0.05, 0.1) is 12.2 Å². The van der Waals surface area contributed by atoms with Crippen LogP contribution in [0.3, 0.4) is 0 Å². The molecule has 0 unspecified atom stereocenters. The van der Waals surface area contributed by atoms with Crippen molar-refractivity contribution in [2.45, 2.75) is 26.2 Å². The number of benzene rings is 1. The summed E-state index contributed by atoms with van der Waals surface area (Å²) in [7, 11) is 4.15. The Bertz CT molecular complexity index is 711. The minimum atomic E-state index is 0.328. The van der Waals surface area contributed by atoms with Gasteiger partial charge < -0.3 is 18.9 Å². The number of rotatable bonds is 4. The van der Waals surface area contributed by atoms with Gasteiger partial charge in [-0.3, -0.25) is 4.90 Å². The van der Waals surface area contributed by atoms with Gasteiger partial charge in [0.1, 0.15) is 5.82 Å². The number of hydrogen-bond donors (Lipinski definition) is 0. The summed E-state index contributed by atoms with van der Waals surface area (Å²) in [5.74, 6) is 2.86. The predicted molar refractivity (Wildman–Crippen MR) is 86.3 cm³/mol. The van der Waals surface area contributed by atoms with E-state index >= 15 is 0 Å². The van der Waals surface area contributed by atoms with Crippen LogP contribution in [-0.2, 0) is 26.2 Å². The third-order valence-corrected chi connectivity index (χ3v) is 4.25. The molecule has 0 aliphatic carbocycles. The average molecular weight is 314 g/mol. The highest BCUT2D eigenvalue weighted by Crippen LogP contribution is 2.33. The Kier molecular flexibility index (Phi) is 3.71. The van der Waals surface area contributed by atoms with Gasteiger partial charge >= 0.3 is 0 Å². The lowest BCUT2D eigenvalue weighted by molar-refractivity contribution is 0.173. The van der Waals surface area contributed by atoms with Crippen LogP contribution in [0.2, 0.25) is 0 Å². The van der Waals surface area contributed by atoms with Crippen LogP contribution >= 0.6 is 0 Å². The van der Waals surface area contributed by atoms with Gasteiger partial charge in [0.15, 0.2) is 11.5 Å². The van der Waals surface area contributed by atoms with Gasteiger partial charge in [-0.1, -0.05) is 6.07 Å². The highest BCUT2D eigenvalue weighted by molar-refractivity contribution is 5.44. The Balaban J connectivity index is 1.44. The minimum Gasteiger partial charge on any atom is -0.454 e. The third kappa shape index (κ3) is 3.04. The van der Waals surface area contributed by atoms with E-state index in [9.17, 15) is 0 Å². The van der Waals surface area contributed by atoms with Crippen LogP contribution in [0.5, 0.6) is 11.5 Å². The molecule has 0 bridgehead atoms. The summed E-state index contributed by atoms with van der Waals surface area (Å²) in [6.07, 6.45) is 2.19. The van der Waals surface area contributed by atoms with Crippen molar-refractivity contribution in [1.29, 1.82) is 0 Å². The summed E-state index contributed by atoms with van der Waals surface area (Å²) < 4.78 is 13.1. The maximum Gasteiger partial charge on any atom is 0.231 e. The number of ether oxygens (including phenoxy) is 2. The first kappa shape index (κ1) is 14.5. The van der Waals surface area contributed by atoms with Gasteiger partial charge in [0, 0.05) is 32.4 Å². The first-order valence-corrected chi connectivity index (χ1v) is 7.98. The molecule has 1 aromatic carbocycles. The molecule has 0 N–H and O–H groups in total. The molecule has 122 valence electrons. The fourth-order valence-corrected chi connectivity index (χ4v) is 3.19. The van der Waals surface area contributed by atoms with Crippen LogP contribution < -0.4 is 9.47 Å². The molecule has 0 fully saturated rings. The Morgan fingerprint density at radius 3 is 2.91 bits per heavy atom. The Labute approximate surface area is 136 Å². The van der Waals surface area contributed by atoms with Crippen molar-refractivity contribution in [1.82, 2.24) is 19.4 Å². The van der Waals surface area contributed by atoms with Crippen LogP contribution in [0, 0.1) is 0 Å². The van der Waals surface area contributed by atoms with E-state index in [1.165, 1.54) is 5.56 Å². The molecular formula is C17H22N4O2. The molecular weight excluding hydrogens is 292 g/mol. The molecule has 0 saturated heterocycles. The largest absolute Gasteiger partial charge is 0.454 e. The second-order valence-corrected chi connectivity index (χ2v) is 6.48. The maximum atomic E-state index is 5.46. The molecule has 0 atom stereocenters. The molecule has 1 aromatic heterocycles. The Morgan fingerprint density at radius 1 is 1.17 bits per heavy atom. The molecule has 6 nitrogen and oxygen atoms in total. The van der Waals surface area contributed by atoms with Crippen molar-refractivity contribution >= 4 is 0 Å². The van der Waals surface area contributed by atoms with Crippen LogP contribution in [0.25, 0.3) is 0 Å². The van der Waals surface area contributed by atoms with Gasteiger partial charge in [-0.05, 0) is 31.8 Å². The van der Waals surface area contributed by atoms with E-state index in [2.05, 4.69) is 46.8 Å². The van der Waals surface area contributed by atoms with Gasteiger partial charge in [-0.15, -0.1) is 0 Å². The second kappa shape index (κ2) is 5.86. The van der Waals surface area contributed by atoms with Crippen molar-refractivity contribution < 1.29 is 9.47 Å². The number of imidazole rings is 1. The highest BCUT2D eigenvalue weighted by atomic mass is 16.7. The predicted octanol–water partition coefficient (Wildman–Crippen LogP) is 1.69. The first-order chi connectivity index (χ1) is 11.2. The maximum absolute atomic E-state index is 5.46. The van der Waals surface area contributed by atoms with E-state index in [0.717, 1.165) is 55.7 Å². The molecule has 0 spiro atoms. The van der Waals surface area contributed by atoms with Crippen molar-refractivity contribution in [2.24, 2.45) is 0 Å². The van der Waals surface area contributed by atoms with Crippen LogP contribution in [0.15, 0.2) is 24.4 Å². The van der Waals surface area contributed by atoms with E-state index in [0.29, 0.717) is 6.79 Å². The summed E-state index contributed by atoms with van der Waals surface area (Å²) in [5, 5.41) is 0. The molecule has 0 amide bonds. The topological polar surface area (TPSA) is 42.8 Å². The van der Waals surface area contributed by atoms with Crippen molar-refractivity contribution in [2.75, 3.05) is 27.4 Å². The molecule has 6 heteroatoms. The molecule has 23 heavy (non-hydrogen) atoms. The lowest BCUT2D eigenvalue weighted by atomic mass is 10.2. The van der Waals surface area contributed by atoms with Crippen LogP contribution in [0.4, 0.5) is 0 Å². The summed E-state index contributed by atoms with van der Waals surface area (Å²) in [6.45, 7) is 5.06. The summed E-state index contributed by atoms with van der Waals surface area (Å²) in [4.78, 5) is 9.36. The SMILES string of the molecule is CN(C)Cc1cn2c(n1)CN(Cc1ccc3c(c1)OCO3)CC2. The number of hydrogen-bond acceptors (Lipinski definition) is 5. The fraction of sp³-hybridized carbons (Fsp3) is 0.471. The zero-order valence-corrected chi connectivity index (χ0v) is 13.7. The number of fused-ring (bicyclic) bond motifs is 2. The monoisotopic (exact) mass is 314 g/mol. The van der Waals surface area contributed by atoms with E-state index in [-0.39, 0.29) is 0 Å². The molecule has 4 rings (SSSR count). The molecule has 2 aromatic rings. The number of nitrogens with zero attached hydrogens (tertiary/aromatic N) is 4. The van der Waals surface area contributed by atoms with E-state index in [4.69, 9.17) is 14.5 Å². The molecule has 3 heterocycles. The van der Waals surface area contributed by atoms with Crippen LogP contribution in [-0.4, -0.2) is 46.8 Å². The lowest BCUT2D eigenvalue weighted by Gasteiger charge is -2.27. The zero-order valence-electron chi connectivity index (χ0n) is 13.7. The smallest absolute Gasteiger partial charge is 0.231 e. The Morgan fingerprint density at radius 2 is 2.04 bits per heavy atom. The van der Waals surface area contributed by atoms with Gasteiger partial charge in [0.25, 0.3) is 0 Å². The molecule has 0 saturated carbocycles. The zero-order chi connectivity index (χ0) is 15.8. The molecule has 2 aliphatic rings. The lowest BCUT2D eigenvalue weighted by Crippen LogP contribution is -2.33. The Hall–Kier alpha value is -2.05. The average Bonchev–Trinajstić information content (AvgIpc) is 3.11. The van der Waals surface area contributed by atoms with Crippen molar-refractivity contribution in [3.05, 3.63) is 41.5 Å². The van der Waals surface area contributed by atoms with E-state index < -0.39 is 0 Å². The van der Waals surface area contributed by atoms with Crippen LogP contribution in [0.1, 0.15) is 17.1 Å². The first-order valence-electron chi connectivity index (χ1n) is 7.98. The van der Waals surface area contributed by atoms with Gasteiger partial charge in [-0.25, -0.2) is 4.98 Å². The highest BCUT2D eigenvalue weighted by Gasteiger charge is 2.20. The standard InChI is InChI=1S/C17H22N4O2/c1-19(2)9-14-10-21-6-5-20(11-17(21)18-14)8-13-3-4-15-16(7-13)23-12-22-15/h3-4,7,10H,5-6,8-9,11-12H2,1-2H3. The summed E-state index contributed by atoms with van der Waals surface area (Å²) in [5.41, 5.74) is 2.40. The quantitative estimate of drug-likeness (QED) is 0.859.